The van der Waals surface area contributed by atoms with Crippen LogP contribution in [0.15, 0.2) is 72.1 Å². The highest BCUT2D eigenvalue weighted by Gasteiger charge is 2.42. The van der Waals surface area contributed by atoms with Gasteiger partial charge in [0.05, 0.1) is 36.0 Å². The average molecular weight is 504 g/mol. The predicted octanol–water partition coefficient (Wildman–Crippen LogP) is 5.54. The molecular formula is C27H19F3N4O3. The van der Waals surface area contributed by atoms with E-state index in [1.807, 2.05) is 0 Å². The molecule has 1 N–H and O–H groups in total. The lowest BCUT2D eigenvalue weighted by molar-refractivity contribution is -0.137. The number of nitriles is 1. The highest BCUT2D eigenvalue weighted by Crippen LogP contribution is 2.43. The van der Waals surface area contributed by atoms with E-state index in [9.17, 15) is 28.0 Å². The van der Waals surface area contributed by atoms with Crippen molar-refractivity contribution >= 4 is 17.5 Å². The van der Waals surface area contributed by atoms with E-state index in [0.717, 1.165) is 17.0 Å². The fourth-order valence-corrected chi connectivity index (χ4v) is 4.72. The summed E-state index contributed by atoms with van der Waals surface area (Å²) in [6, 6.07) is 13.3. The number of urea groups is 1. The molecular weight excluding hydrogens is 485 g/mol. The molecule has 2 aliphatic rings. The van der Waals surface area contributed by atoms with E-state index in [0.29, 0.717) is 39.4 Å². The van der Waals surface area contributed by atoms with Gasteiger partial charge >= 0.3 is 12.2 Å². The number of nitrogens with zero attached hydrogens (tertiary/aromatic N) is 3. The Bertz CT molecular complexity index is 1490. The minimum atomic E-state index is -4.59. The van der Waals surface area contributed by atoms with Crippen LogP contribution in [-0.4, -0.2) is 23.9 Å². The minimum Gasteiger partial charge on any atom is -0.481 e. The summed E-state index contributed by atoms with van der Waals surface area (Å²) in [7, 11) is 1.48. The second-order valence-electron chi connectivity index (χ2n) is 8.55. The van der Waals surface area contributed by atoms with Crippen LogP contribution in [-0.2, 0) is 11.0 Å². The fourth-order valence-electron chi connectivity index (χ4n) is 4.72. The van der Waals surface area contributed by atoms with Gasteiger partial charge in [-0.25, -0.2) is 9.78 Å². The number of anilines is 1. The minimum absolute atomic E-state index is 0.0207. The number of allylic oxidation sites excluding steroid dienone is 1. The Hall–Kier alpha value is -4.65. The van der Waals surface area contributed by atoms with Gasteiger partial charge < -0.3 is 10.1 Å². The van der Waals surface area contributed by atoms with Gasteiger partial charge in [-0.1, -0.05) is 12.1 Å². The second kappa shape index (κ2) is 9.09. The normalized spacial score (nSPS) is 17.4. The number of Topliss-reactive ketones (excluding diaryl/α,β-unsaturated/α-hetero) is 1. The standard InChI is InChI=1S/C27H19F3N4O3/c1-37-23-10-6-16(14-32-23)20-11-15(13-31)5-7-19(20)25-24-21(8-9-22(24)35)34(26(36)33-25)18-4-2-3-17(12-18)27(28,29)30/h2-7,10-12,14,25H,8-9H2,1H3,(H,33,36). The molecule has 1 atom stereocenters. The molecule has 1 aromatic heterocycles. The molecule has 3 aromatic rings. The van der Waals surface area contributed by atoms with Gasteiger partial charge in [0.1, 0.15) is 0 Å². The van der Waals surface area contributed by atoms with Crippen LogP contribution < -0.4 is 15.0 Å². The Morgan fingerprint density at radius 3 is 2.59 bits per heavy atom. The zero-order valence-corrected chi connectivity index (χ0v) is 19.5. The van der Waals surface area contributed by atoms with Crippen molar-refractivity contribution in [3.05, 3.63) is 88.8 Å². The number of aromatic nitrogens is 1. The molecule has 1 aliphatic carbocycles. The first-order valence-corrected chi connectivity index (χ1v) is 11.3. The summed E-state index contributed by atoms with van der Waals surface area (Å²) in [5, 5.41) is 12.3. The molecule has 2 amide bonds. The Labute approximate surface area is 209 Å². The maximum absolute atomic E-state index is 13.4. The molecule has 186 valence electrons. The van der Waals surface area contributed by atoms with Crippen molar-refractivity contribution in [3.63, 3.8) is 0 Å². The second-order valence-corrected chi connectivity index (χ2v) is 8.55. The molecule has 0 bridgehead atoms. The van der Waals surface area contributed by atoms with Crippen molar-refractivity contribution in [1.82, 2.24) is 10.3 Å². The molecule has 1 unspecified atom stereocenters. The lowest BCUT2D eigenvalue weighted by atomic mass is 9.88. The third-order valence-electron chi connectivity index (χ3n) is 6.41. The van der Waals surface area contributed by atoms with Crippen LogP contribution in [0.2, 0.25) is 0 Å². The van der Waals surface area contributed by atoms with E-state index in [2.05, 4.69) is 16.4 Å². The summed E-state index contributed by atoms with van der Waals surface area (Å²) in [6.07, 6.45) is -2.69. The Morgan fingerprint density at radius 2 is 1.92 bits per heavy atom. The van der Waals surface area contributed by atoms with Crippen LogP contribution in [0.3, 0.4) is 0 Å². The number of carbonyl (C=O) groups is 2. The van der Waals surface area contributed by atoms with Crippen molar-refractivity contribution in [2.75, 3.05) is 12.0 Å². The topological polar surface area (TPSA) is 95.3 Å². The number of carbonyl (C=O) groups excluding carboxylic acids is 2. The number of amides is 2. The van der Waals surface area contributed by atoms with Gasteiger partial charge in [0, 0.05) is 35.5 Å². The van der Waals surface area contributed by atoms with Gasteiger partial charge in [0.2, 0.25) is 5.88 Å². The van der Waals surface area contributed by atoms with E-state index >= 15 is 0 Å². The number of ketones is 1. The van der Waals surface area contributed by atoms with E-state index in [1.54, 1.807) is 36.5 Å². The number of methoxy groups -OCH3 is 1. The smallest absolute Gasteiger partial charge is 0.416 e. The van der Waals surface area contributed by atoms with E-state index in [4.69, 9.17) is 4.74 Å². The van der Waals surface area contributed by atoms with Crippen molar-refractivity contribution in [3.8, 4) is 23.1 Å². The van der Waals surface area contributed by atoms with Gasteiger partial charge in [-0.15, -0.1) is 0 Å². The Kier molecular flexibility index (Phi) is 5.91. The van der Waals surface area contributed by atoms with Crippen molar-refractivity contribution in [1.29, 1.82) is 5.26 Å². The molecule has 7 nitrogen and oxygen atoms in total. The molecule has 0 saturated heterocycles. The average Bonchev–Trinajstić information content (AvgIpc) is 3.28. The highest BCUT2D eigenvalue weighted by molar-refractivity contribution is 6.08. The third kappa shape index (κ3) is 4.29. The van der Waals surface area contributed by atoms with Gasteiger partial charge in [-0.2, -0.15) is 18.4 Å². The SMILES string of the molecule is COc1ccc(-c2cc(C#N)ccc2C2NC(=O)N(c3cccc(C(F)(F)F)c3)C3=C2C(=O)CC3)cn1. The zero-order chi connectivity index (χ0) is 26.3. The molecule has 5 rings (SSSR count). The summed E-state index contributed by atoms with van der Waals surface area (Å²) in [5.41, 5.74) is 1.94. The van der Waals surface area contributed by atoms with Crippen LogP contribution in [0.25, 0.3) is 11.1 Å². The summed E-state index contributed by atoms with van der Waals surface area (Å²) < 4.78 is 45.1. The maximum atomic E-state index is 13.4. The van der Waals surface area contributed by atoms with Crippen molar-refractivity contribution < 1.29 is 27.5 Å². The van der Waals surface area contributed by atoms with Gasteiger partial charge in [-0.05, 0) is 53.9 Å². The molecule has 0 fully saturated rings. The summed E-state index contributed by atoms with van der Waals surface area (Å²) in [4.78, 5) is 31.8. The third-order valence-corrected chi connectivity index (χ3v) is 6.41. The number of ether oxygens (including phenoxy) is 1. The quantitative estimate of drug-likeness (QED) is 0.504. The molecule has 1 aliphatic heterocycles. The maximum Gasteiger partial charge on any atom is 0.416 e. The van der Waals surface area contributed by atoms with E-state index < -0.39 is 23.8 Å². The number of hydrogen-bond donors (Lipinski definition) is 1. The molecule has 10 heteroatoms. The number of halogens is 3. The molecule has 0 saturated carbocycles. The lowest BCUT2D eigenvalue weighted by Gasteiger charge is -2.35. The number of pyridine rings is 1. The van der Waals surface area contributed by atoms with Crippen LogP contribution >= 0.6 is 0 Å². The Balaban J connectivity index is 1.65. The highest BCUT2D eigenvalue weighted by atomic mass is 19.4. The summed E-state index contributed by atoms with van der Waals surface area (Å²) in [6.45, 7) is 0. The molecule has 2 aromatic carbocycles. The number of rotatable bonds is 4. The van der Waals surface area contributed by atoms with Crippen LogP contribution in [0.4, 0.5) is 23.7 Å². The largest absolute Gasteiger partial charge is 0.481 e. The summed E-state index contributed by atoms with van der Waals surface area (Å²) >= 11 is 0. The van der Waals surface area contributed by atoms with Crippen LogP contribution in [0, 0.1) is 11.3 Å². The predicted molar refractivity (Wildman–Crippen MR) is 127 cm³/mol. The van der Waals surface area contributed by atoms with Gasteiger partial charge in [0.25, 0.3) is 0 Å². The zero-order valence-electron chi connectivity index (χ0n) is 19.5. The van der Waals surface area contributed by atoms with Crippen LogP contribution in [0.1, 0.15) is 35.6 Å². The molecule has 2 heterocycles. The first-order valence-electron chi connectivity index (χ1n) is 11.3. The van der Waals surface area contributed by atoms with E-state index in [-0.39, 0.29) is 24.3 Å². The van der Waals surface area contributed by atoms with Crippen molar-refractivity contribution in [2.45, 2.75) is 25.1 Å². The first-order chi connectivity index (χ1) is 17.7. The van der Waals surface area contributed by atoms with Crippen LogP contribution in [0.5, 0.6) is 5.88 Å². The molecule has 0 radical (unpaired) electrons. The number of nitrogens with one attached hydrogen (secondary N) is 1. The molecule has 0 spiro atoms. The lowest BCUT2D eigenvalue weighted by Crippen LogP contribution is -2.47. The first kappa shape index (κ1) is 24.1. The fraction of sp³-hybridized carbons (Fsp3) is 0.185. The van der Waals surface area contributed by atoms with Crippen molar-refractivity contribution in [2.24, 2.45) is 0 Å². The Morgan fingerprint density at radius 1 is 1.11 bits per heavy atom. The molecule has 37 heavy (non-hydrogen) atoms. The number of benzene rings is 2. The number of hydrogen-bond acceptors (Lipinski definition) is 5. The van der Waals surface area contributed by atoms with E-state index in [1.165, 1.54) is 19.2 Å². The number of alkyl halides is 3. The van der Waals surface area contributed by atoms with Gasteiger partial charge in [-0.3, -0.25) is 9.69 Å². The van der Waals surface area contributed by atoms with Gasteiger partial charge in [0.15, 0.2) is 5.78 Å². The summed E-state index contributed by atoms with van der Waals surface area (Å²) in [5.74, 6) is 0.181. The monoisotopic (exact) mass is 504 g/mol.